The quantitative estimate of drug-likeness (QED) is 0.913. The number of hydrogen-bond acceptors (Lipinski definition) is 3. The molecule has 1 amide bonds. The Morgan fingerprint density at radius 2 is 2.26 bits per heavy atom. The zero-order valence-electron chi connectivity index (χ0n) is 12.9. The van der Waals surface area contributed by atoms with E-state index in [1.54, 1.807) is 12.3 Å². The largest absolute Gasteiger partial charge is 0.491 e. The van der Waals surface area contributed by atoms with Gasteiger partial charge in [0.05, 0.1) is 18.1 Å². The third-order valence-corrected chi connectivity index (χ3v) is 4.46. The Balaban J connectivity index is 1.49. The highest BCUT2D eigenvalue weighted by Crippen LogP contribution is 2.26. The van der Waals surface area contributed by atoms with Gasteiger partial charge >= 0.3 is 0 Å². The summed E-state index contributed by atoms with van der Waals surface area (Å²) in [6.45, 7) is 1.90. The van der Waals surface area contributed by atoms with Gasteiger partial charge in [0.1, 0.15) is 5.75 Å². The summed E-state index contributed by atoms with van der Waals surface area (Å²) in [6.07, 6.45) is 4.22. The van der Waals surface area contributed by atoms with E-state index < -0.39 is 0 Å². The first-order chi connectivity index (χ1) is 11.2. The molecular weight excluding hydrogens is 314 g/mol. The van der Waals surface area contributed by atoms with Gasteiger partial charge in [-0.25, -0.2) is 0 Å². The fourth-order valence-corrected chi connectivity index (χ4v) is 3.11. The highest BCUT2D eigenvalue weighted by Gasteiger charge is 2.25. The number of rotatable bonds is 5. The van der Waals surface area contributed by atoms with E-state index in [4.69, 9.17) is 16.3 Å². The second-order valence-electron chi connectivity index (χ2n) is 5.72. The van der Waals surface area contributed by atoms with Crippen LogP contribution in [0.25, 0.3) is 0 Å². The van der Waals surface area contributed by atoms with Gasteiger partial charge in [0, 0.05) is 30.9 Å². The maximum atomic E-state index is 12.4. The summed E-state index contributed by atoms with van der Waals surface area (Å²) in [6, 6.07) is 9.28. The lowest BCUT2D eigenvalue weighted by Gasteiger charge is -2.32. The SMILES string of the molecule is O=C(CCOc1ccccc1Cl)N1CCCC(c2ccn[nH]2)C1. The van der Waals surface area contributed by atoms with Crippen LogP contribution in [0, 0.1) is 0 Å². The Morgan fingerprint density at radius 1 is 1.39 bits per heavy atom. The minimum absolute atomic E-state index is 0.126. The van der Waals surface area contributed by atoms with Crippen LogP contribution in [0.4, 0.5) is 0 Å². The molecule has 0 radical (unpaired) electrons. The van der Waals surface area contributed by atoms with E-state index in [2.05, 4.69) is 10.2 Å². The van der Waals surface area contributed by atoms with E-state index >= 15 is 0 Å². The number of piperidine rings is 1. The molecule has 1 aromatic carbocycles. The van der Waals surface area contributed by atoms with E-state index in [1.165, 1.54) is 0 Å². The van der Waals surface area contributed by atoms with Crippen molar-refractivity contribution in [2.24, 2.45) is 0 Å². The molecule has 3 rings (SSSR count). The van der Waals surface area contributed by atoms with Crippen LogP contribution in [-0.2, 0) is 4.79 Å². The van der Waals surface area contributed by atoms with Gasteiger partial charge in [-0.15, -0.1) is 0 Å². The smallest absolute Gasteiger partial charge is 0.226 e. The van der Waals surface area contributed by atoms with Crippen molar-refractivity contribution in [2.75, 3.05) is 19.7 Å². The summed E-state index contributed by atoms with van der Waals surface area (Å²) in [7, 11) is 0. The third kappa shape index (κ3) is 4.05. The second kappa shape index (κ2) is 7.51. The van der Waals surface area contributed by atoms with Gasteiger partial charge in [0.2, 0.25) is 5.91 Å². The molecule has 1 aliphatic rings. The molecule has 122 valence electrons. The van der Waals surface area contributed by atoms with Crippen molar-refractivity contribution in [1.82, 2.24) is 15.1 Å². The summed E-state index contributed by atoms with van der Waals surface area (Å²) < 4.78 is 5.60. The summed E-state index contributed by atoms with van der Waals surface area (Å²) in [4.78, 5) is 14.3. The van der Waals surface area contributed by atoms with Crippen LogP contribution in [0.3, 0.4) is 0 Å². The Bertz CT molecular complexity index is 645. The molecular formula is C17H20ClN3O2. The molecule has 0 saturated carbocycles. The van der Waals surface area contributed by atoms with Crippen molar-refractivity contribution in [2.45, 2.75) is 25.2 Å². The average Bonchev–Trinajstić information content (AvgIpc) is 3.11. The van der Waals surface area contributed by atoms with E-state index in [9.17, 15) is 4.79 Å². The molecule has 0 aliphatic carbocycles. The molecule has 1 fully saturated rings. The van der Waals surface area contributed by atoms with Gasteiger partial charge < -0.3 is 9.64 Å². The highest BCUT2D eigenvalue weighted by atomic mass is 35.5. The van der Waals surface area contributed by atoms with Crippen molar-refractivity contribution >= 4 is 17.5 Å². The molecule has 23 heavy (non-hydrogen) atoms. The van der Waals surface area contributed by atoms with E-state index in [0.717, 1.165) is 31.6 Å². The summed E-state index contributed by atoms with van der Waals surface area (Å²) in [5.74, 6) is 1.09. The first-order valence-corrected chi connectivity index (χ1v) is 8.26. The number of carbonyl (C=O) groups is 1. The Kier molecular flexibility index (Phi) is 5.18. The van der Waals surface area contributed by atoms with Gasteiger partial charge in [-0.05, 0) is 31.0 Å². The minimum Gasteiger partial charge on any atom is -0.491 e. The van der Waals surface area contributed by atoms with Gasteiger partial charge in [-0.3, -0.25) is 9.89 Å². The number of carbonyl (C=O) groups excluding carboxylic acids is 1. The Morgan fingerprint density at radius 3 is 3.04 bits per heavy atom. The standard InChI is InChI=1S/C17H20ClN3O2/c18-14-5-1-2-6-16(14)23-11-8-17(22)21-10-3-4-13(12-21)15-7-9-19-20-15/h1-2,5-7,9,13H,3-4,8,10-12H2,(H,19,20). The molecule has 2 aromatic rings. The zero-order valence-corrected chi connectivity index (χ0v) is 13.6. The van der Waals surface area contributed by atoms with Crippen LogP contribution in [0.2, 0.25) is 5.02 Å². The van der Waals surface area contributed by atoms with Crippen LogP contribution in [0.1, 0.15) is 30.9 Å². The molecule has 1 atom stereocenters. The molecule has 2 heterocycles. The third-order valence-electron chi connectivity index (χ3n) is 4.15. The number of hydrogen-bond donors (Lipinski definition) is 1. The summed E-state index contributed by atoms with van der Waals surface area (Å²) >= 11 is 6.03. The number of H-pyrrole nitrogens is 1. The van der Waals surface area contributed by atoms with Gasteiger partial charge in [0.25, 0.3) is 0 Å². The molecule has 1 N–H and O–H groups in total. The number of nitrogens with one attached hydrogen (secondary N) is 1. The molecule has 5 nitrogen and oxygen atoms in total. The number of amides is 1. The molecule has 0 bridgehead atoms. The predicted molar refractivity (Wildman–Crippen MR) is 88.7 cm³/mol. The predicted octanol–water partition coefficient (Wildman–Crippen LogP) is 3.24. The van der Waals surface area contributed by atoms with Crippen molar-refractivity contribution in [3.63, 3.8) is 0 Å². The van der Waals surface area contributed by atoms with Gasteiger partial charge in [0.15, 0.2) is 0 Å². The molecule has 1 aromatic heterocycles. The average molecular weight is 334 g/mol. The highest BCUT2D eigenvalue weighted by molar-refractivity contribution is 6.32. The van der Waals surface area contributed by atoms with Crippen LogP contribution >= 0.6 is 11.6 Å². The number of likely N-dealkylation sites (tertiary alicyclic amines) is 1. The maximum Gasteiger partial charge on any atom is 0.226 e. The number of nitrogens with zero attached hydrogens (tertiary/aromatic N) is 2. The molecule has 1 unspecified atom stereocenters. The molecule has 1 aliphatic heterocycles. The fraction of sp³-hybridized carbons (Fsp3) is 0.412. The van der Waals surface area contributed by atoms with Crippen LogP contribution in [-0.4, -0.2) is 40.7 Å². The molecule has 6 heteroatoms. The number of aromatic amines is 1. The zero-order chi connectivity index (χ0) is 16.1. The van der Waals surface area contributed by atoms with Crippen LogP contribution < -0.4 is 4.74 Å². The topological polar surface area (TPSA) is 58.2 Å². The lowest BCUT2D eigenvalue weighted by atomic mass is 9.95. The molecule has 0 spiro atoms. The molecule has 1 saturated heterocycles. The summed E-state index contributed by atoms with van der Waals surface area (Å²) in [5, 5.41) is 7.57. The van der Waals surface area contributed by atoms with E-state index in [0.29, 0.717) is 29.7 Å². The first-order valence-electron chi connectivity index (χ1n) is 7.88. The number of ether oxygens (including phenoxy) is 1. The van der Waals surface area contributed by atoms with Crippen LogP contribution in [0.5, 0.6) is 5.75 Å². The van der Waals surface area contributed by atoms with Crippen molar-refractivity contribution < 1.29 is 9.53 Å². The lowest BCUT2D eigenvalue weighted by molar-refractivity contribution is -0.132. The second-order valence-corrected chi connectivity index (χ2v) is 6.13. The number of halogens is 1. The normalized spacial score (nSPS) is 18.0. The number of aromatic nitrogens is 2. The van der Waals surface area contributed by atoms with Gasteiger partial charge in [-0.1, -0.05) is 23.7 Å². The summed E-state index contributed by atoms with van der Waals surface area (Å²) in [5.41, 5.74) is 1.11. The minimum atomic E-state index is 0.126. The van der Waals surface area contributed by atoms with Crippen molar-refractivity contribution in [3.05, 3.63) is 47.2 Å². The van der Waals surface area contributed by atoms with E-state index in [-0.39, 0.29) is 5.91 Å². The van der Waals surface area contributed by atoms with Gasteiger partial charge in [-0.2, -0.15) is 5.10 Å². The number of para-hydroxylation sites is 1. The number of benzene rings is 1. The van der Waals surface area contributed by atoms with Crippen molar-refractivity contribution in [3.8, 4) is 5.75 Å². The maximum absolute atomic E-state index is 12.4. The Hall–Kier alpha value is -2.01. The van der Waals surface area contributed by atoms with Crippen molar-refractivity contribution in [1.29, 1.82) is 0 Å². The first kappa shape index (κ1) is 15.9. The fourth-order valence-electron chi connectivity index (χ4n) is 2.92. The Labute approximate surface area is 140 Å². The lowest BCUT2D eigenvalue weighted by Crippen LogP contribution is -2.39. The van der Waals surface area contributed by atoms with E-state index in [1.807, 2.05) is 29.2 Å². The van der Waals surface area contributed by atoms with Crippen LogP contribution in [0.15, 0.2) is 36.5 Å². The monoisotopic (exact) mass is 333 g/mol.